The summed E-state index contributed by atoms with van der Waals surface area (Å²) in [7, 11) is -3.78. The first-order valence-corrected chi connectivity index (χ1v) is 11.0. The van der Waals surface area contributed by atoms with Gasteiger partial charge in [-0.1, -0.05) is 12.8 Å². The fourth-order valence-electron chi connectivity index (χ4n) is 3.90. The van der Waals surface area contributed by atoms with Gasteiger partial charge in [-0.05, 0) is 25.8 Å². The van der Waals surface area contributed by atoms with Crippen LogP contribution in [-0.2, 0) is 16.6 Å². The largest absolute Gasteiger partial charge is 0.477 e. The number of aromatic carboxylic acids is 1. The van der Waals surface area contributed by atoms with E-state index < -0.39 is 22.0 Å². The third-order valence-corrected chi connectivity index (χ3v) is 8.29. The fourth-order valence-corrected chi connectivity index (χ4v) is 6.59. The zero-order valence-electron chi connectivity index (χ0n) is 14.3. The molecule has 4 rings (SSSR count). The van der Waals surface area contributed by atoms with Crippen LogP contribution in [0.15, 0.2) is 16.3 Å². The molecule has 0 aromatic carbocycles. The molecule has 1 aliphatic heterocycles. The van der Waals surface area contributed by atoms with E-state index in [2.05, 4.69) is 14.8 Å². The molecule has 3 heterocycles. The molecule has 1 saturated carbocycles. The summed E-state index contributed by atoms with van der Waals surface area (Å²) in [5.41, 5.74) is 0. The van der Waals surface area contributed by atoms with Crippen molar-refractivity contribution in [3.05, 3.63) is 28.0 Å². The maximum atomic E-state index is 13.0. The van der Waals surface area contributed by atoms with Crippen LogP contribution in [0, 0.1) is 0 Å². The molecule has 8 nitrogen and oxygen atoms in total. The van der Waals surface area contributed by atoms with E-state index in [1.807, 2.05) is 0 Å². The van der Waals surface area contributed by atoms with Gasteiger partial charge in [0.25, 0.3) is 0 Å². The average Bonchev–Trinajstić information content (AvgIpc) is 3.34. The Labute approximate surface area is 155 Å². The molecular weight excluding hydrogens is 376 g/mol. The van der Waals surface area contributed by atoms with Gasteiger partial charge in [0.05, 0.1) is 10.9 Å². The van der Waals surface area contributed by atoms with Crippen molar-refractivity contribution < 1.29 is 18.3 Å². The number of sulfonamides is 1. The minimum atomic E-state index is -3.78. The lowest BCUT2D eigenvalue weighted by Gasteiger charge is -2.32. The first kappa shape index (κ1) is 17.6. The van der Waals surface area contributed by atoms with E-state index >= 15 is 0 Å². The van der Waals surface area contributed by atoms with Crippen molar-refractivity contribution in [2.24, 2.45) is 0 Å². The summed E-state index contributed by atoms with van der Waals surface area (Å²) >= 11 is 0.918. The van der Waals surface area contributed by atoms with Crippen molar-refractivity contribution in [3.63, 3.8) is 0 Å². The van der Waals surface area contributed by atoms with Gasteiger partial charge in [0.1, 0.15) is 10.7 Å². The molecular formula is C16H20N4O4S2. The van der Waals surface area contributed by atoms with Gasteiger partial charge in [-0.3, -0.25) is 0 Å². The summed E-state index contributed by atoms with van der Waals surface area (Å²) < 4.78 is 29.4. The number of aromatic nitrogens is 3. The van der Waals surface area contributed by atoms with E-state index in [9.17, 15) is 13.2 Å². The van der Waals surface area contributed by atoms with Crippen molar-refractivity contribution in [1.82, 2.24) is 19.1 Å². The van der Waals surface area contributed by atoms with E-state index in [0.717, 1.165) is 30.0 Å². The van der Waals surface area contributed by atoms with Gasteiger partial charge in [0.2, 0.25) is 10.0 Å². The monoisotopic (exact) mass is 396 g/mol. The third-order valence-electron chi connectivity index (χ3n) is 5.27. The summed E-state index contributed by atoms with van der Waals surface area (Å²) in [5, 5.41) is 19.1. The smallest absolute Gasteiger partial charge is 0.345 e. The van der Waals surface area contributed by atoms with E-state index in [1.165, 1.54) is 28.6 Å². The molecule has 0 spiro atoms. The molecule has 1 fully saturated rings. The lowest BCUT2D eigenvalue weighted by atomic mass is 10.1. The number of fused-ring (bicyclic) bond motifs is 1. The predicted octanol–water partition coefficient (Wildman–Crippen LogP) is 2.46. The van der Waals surface area contributed by atoms with Gasteiger partial charge in [-0.25, -0.2) is 13.2 Å². The van der Waals surface area contributed by atoms with E-state index in [-0.39, 0.29) is 9.77 Å². The van der Waals surface area contributed by atoms with Crippen LogP contribution in [0.2, 0.25) is 0 Å². The second kappa shape index (κ2) is 6.43. The number of hydrogen-bond donors (Lipinski definition) is 1. The van der Waals surface area contributed by atoms with Crippen LogP contribution in [0.4, 0.5) is 0 Å². The van der Waals surface area contributed by atoms with Crippen LogP contribution >= 0.6 is 11.3 Å². The van der Waals surface area contributed by atoms with Crippen molar-refractivity contribution in [1.29, 1.82) is 0 Å². The van der Waals surface area contributed by atoms with Gasteiger partial charge in [-0.15, -0.1) is 21.5 Å². The average molecular weight is 396 g/mol. The highest BCUT2D eigenvalue weighted by molar-refractivity contribution is 7.89. The molecule has 0 bridgehead atoms. The number of hydrogen-bond acceptors (Lipinski definition) is 6. The Bertz CT molecular complexity index is 943. The Morgan fingerprint density at radius 3 is 2.58 bits per heavy atom. The molecule has 26 heavy (non-hydrogen) atoms. The molecule has 0 radical (unpaired) electrons. The van der Waals surface area contributed by atoms with Crippen LogP contribution in [0.1, 0.15) is 65.9 Å². The van der Waals surface area contributed by atoms with Crippen LogP contribution in [0.3, 0.4) is 0 Å². The van der Waals surface area contributed by atoms with Gasteiger partial charge in [0, 0.05) is 24.4 Å². The minimum Gasteiger partial charge on any atom is -0.477 e. The molecule has 1 unspecified atom stereocenters. The Hall–Kier alpha value is -1.78. The second-order valence-corrected chi connectivity index (χ2v) is 9.59. The molecule has 10 heteroatoms. The molecule has 140 valence electrons. The summed E-state index contributed by atoms with van der Waals surface area (Å²) in [5.74, 6) is 0.936. The zero-order valence-corrected chi connectivity index (χ0v) is 16.0. The highest BCUT2D eigenvalue weighted by Gasteiger charge is 2.38. The zero-order chi connectivity index (χ0) is 18.5. The van der Waals surface area contributed by atoms with Crippen molar-refractivity contribution >= 4 is 27.3 Å². The Morgan fingerprint density at radius 2 is 1.92 bits per heavy atom. The predicted molar refractivity (Wildman–Crippen MR) is 94.8 cm³/mol. The maximum absolute atomic E-state index is 13.0. The molecule has 1 aliphatic carbocycles. The number of nitrogens with zero attached hydrogens (tertiary/aromatic N) is 4. The van der Waals surface area contributed by atoms with Gasteiger partial charge in [-0.2, -0.15) is 4.31 Å². The quantitative estimate of drug-likeness (QED) is 0.851. The van der Waals surface area contributed by atoms with Crippen LogP contribution in [0.25, 0.3) is 0 Å². The molecule has 2 aromatic heterocycles. The number of rotatable bonds is 4. The topological polar surface area (TPSA) is 105 Å². The van der Waals surface area contributed by atoms with E-state index in [4.69, 9.17) is 5.11 Å². The maximum Gasteiger partial charge on any atom is 0.345 e. The Balaban J connectivity index is 1.64. The normalized spacial score (nSPS) is 21.8. The van der Waals surface area contributed by atoms with Crippen LogP contribution in [0.5, 0.6) is 0 Å². The second-order valence-electron chi connectivity index (χ2n) is 6.79. The number of thiophene rings is 1. The molecule has 2 aromatic rings. The van der Waals surface area contributed by atoms with E-state index in [1.54, 1.807) is 6.92 Å². The first-order valence-electron chi connectivity index (χ1n) is 8.66. The molecule has 1 atom stereocenters. The summed E-state index contributed by atoms with van der Waals surface area (Å²) in [6.45, 7) is 2.65. The van der Waals surface area contributed by atoms with Gasteiger partial charge < -0.3 is 9.67 Å². The first-order chi connectivity index (χ1) is 12.4. The molecule has 0 saturated heterocycles. The summed E-state index contributed by atoms with van der Waals surface area (Å²) in [4.78, 5) is 11.1. The number of carboxylic acid groups (broad SMARTS) is 1. The molecule has 2 aliphatic rings. The summed E-state index contributed by atoms with van der Waals surface area (Å²) in [6, 6.07) is 0.780. The summed E-state index contributed by atoms with van der Waals surface area (Å²) in [6.07, 6.45) is 4.63. The van der Waals surface area contributed by atoms with Gasteiger partial charge >= 0.3 is 5.97 Å². The fraction of sp³-hybridized carbons (Fsp3) is 0.562. The van der Waals surface area contributed by atoms with Crippen molar-refractivity contribution in [2.45, 2.75) is 56.0 Å². The highest BCUT2D eigenvalue weighted by Crippen LogP contribution is 2.37. The van der Waals surface area contributed by atoms with Crippen LogP contribution < -0.4 is 0 Å². The van der Waals surface area contributed by atoms with Crippen molar-refractivity contribution in [2.75, 3.05) is 6.54 Å². The molecule has 0 amide bonds. The van der Waals surface area contributed by atoms with E-state index in [0.29, 0.717) is 24.8 Å². The third kappa shape index (κ3) is 2.76. The SMILES string of the molecule is CC1c2nnc(C3CCCC3)n2CCN1S(=O)(=O)c1csc(C(=O)O)c1. The molecule has 1 N–H and O–H groups in total. The van der Waals surface area contributed by atoms with Crippen molar-refractivity contribution in [3.8, 4) is 0 Å². The number of carboxylic acids is 1. The lowest BCUT2D eigenvalue weighted by molar-refractivity contribution is 0.0702. The minimum absolute atomic E-state index is 0.0138. The number of carbonyl (C=O) groups is 1. The highest BCUT2D eigenvalue weighted by atomic mass is 32.2. The van der Waals surface area contributed by atoms with Crippen LogP contribution in [-0.4, -0.2) is 45.1 Å². The standard InChI is InChI=1S/C16H20N4O4S2/c1-10-14-17-18-15(11-4-2-3-5-11)19(14)6-7-20(10)26(23,24)12-8-13(16(21)22)25-9-12/h8-11H,2-7H2,1H3,(H,21,22). The van der Waals surface area contributed by atoms with Gasteiger partial charge in [0.15, 0.2) is 5.82 Å². The lowest BCUT2D eigenvalue weighted by Crippen LogP contribution is -2.41. The Kier molecular flexibility index (Phi) is 4.36. The Morgan fingerprint density at radius 1 is 1.23 bits per heavy atom.